The van der Waals surface area contributed by atoms with Crippen LogP contribution in [0.5, 0.6) is 0 Å². The molecule has 3 aliphatic rings. The Hall–Kier alpha value is -1.92. The third-order valence-electron chi connectivity index (χ3n) is 4.87. The molecular weight excluding hydrogens is 284 g/mol. The first-order chi connectivity index (χ1) is 10.4. The minimum absolute atomic E-state index is 0.00321. The van der Waals surface area contributed by atoms with E-state index in [9.17, 15) is 9.90 Å². The molecule has 1 saturated carbocycles. The average molecular weight is 302 g/mol. The predicted octanol–water partition coefficient (Wildman–Crippen LogP) is 2.00. The molecule has 22 heavy (non-hydrogen) atoms. The van der Waals surface area contributed by atoms with Crippen molar-refractivity contribution in [2.45, 2.75) is 37.4 Å². The number of hydrogen-bond acceptors (Lipinski definition) is 4. The molecule has 2 saturated heterocycles. The fourth-order valence-electron chi connectivity index (χ4n) is 3.95. The molecule has 2 bridgehead atoms. The highest BCUT2D eigenvalue weighted by Gasteiger charge is 2.61. The van der Waals surface area contributed by atoms with Gasteiger partial charge in [-0.25, -0.2) is 9.78 Å². The molecule has 0 aromatic carbocycles. The van der Waals surface area contributed by atoms with E-state index in [1.165, 1.54) is 0 Å². The summed E-state index contributed by atoms with van der Waals surface area (Å²) in [6, 6.07) is 1.79. The van der Waals surface area contributed by atoms with Gasteiger partial charge < -0.3 is 19.0 Å². The topological polar surface area (TPSA) is 73.1 Å². The van der Waals surface area contributed by atoms with Crippen LogP contribution in [0.2, 0.25) is 0 Å². The van der Waals surface area contributed by atoms with Crippen LogP contribution in [0.25, 0.3) is 5.65 Å². The van der Waals surface area contributed by atoms with Crippen molar-refractivity contribution in [2.75, 3.05) is 13.7 Å². The van der Waals surface area contributed by atoms with E-state index in [2.05, 4.69) is 6.92 Å². The van der Waals surface area contributed by atoms with Gasteiger partial charge >= 0.3 is 5.97 Å². The zero-order valence-electron chi connectivity index (χ0n) is 12.6. The molecule has 2 aliphatic heterocycles. The molecular formula is C16H18N2O4. The first-order valence-corrected chi connectivity index (χ1v) is 7.33. The zero-order valence-corrected chi connectivity index (χ0v) is 12.6. The first kappa shape index (κ1) is 13.7. The second-order valence-electron chi connectivity index (χ2n) is 6.71. The third-order valence-corrected chi connectivity index (χ3v) is 4.87. The average Bonchev–Trinajstić information content (AvgIpc) is 3.07. The van der Waals surface area contributed by atoms with Crippen LogP contribution >= 0.6 is 0 Å². The van der Waals surface area contributed by atoms with Gasteiger partial charge in [0.25, 0.3) is 0 Å². The van der Waals surface area contributed by atoms with Crippen molar-refractivity contribution >= 4 is 11.6 Å². The highest BCUT2D eigenvalue weighted by Crippen LogP contribution is 2.58. The number of methoxy groups -OCH3 is 1. The number of carboxylic acids is 1. The molecule has 2 aromatic rings. The molecule has 0 atom stereocenters. The number of rotatable bonds is 4. The minimum Gasteiger partial charge on any atom is -0.478 e. The Bertz CT molecular complexity index is 774. The molecule has 0 spiro atoms. The summed E-state index contributed by atoms with van der Waals surface area (Å²) in [6.45, 7) is 3.09. The number of pyridine rings is 1. The van der Waals surface area contributed by atoms with Crippen LogP contribution in [0.4, 0.5) is 0 Å². The van der Waals surface area contributed by atoms with E-state index in [0.717, 1.165) is 24.2 Å². The van der Waals surface area contributed by atoms with E-state index >= 15 is 0 Å². The number of aromatic nitrogens is 2. The maximum atomic E-state index is 11.4. The van der Waals surface area contributed by atoms with Crippen molar-refractivity contribution in [1.82, 2.24) is 9.38 Å². The molecule has 0 radical (unpaired) electrons. The summed E-state index contributed by atoms with van der Waals surface area (Å²) in [6.07, 6.45) is 5.53. The van der Waals surface area contributed by atoms with Crippen LogP contribution in [0.15, 0.2) is 18.5 Å². The number of carbonyl (C=O) groups is 1. The van der Waals surface area contributed by atoms with Crippen LogP contribution < -0.4 is 0 Å². The van der Waals surface area contributed by atoms with Gasteiger partial charge in [0.1, 0.15) is 5.65 Å². The molecule has 0 amide bonds. The lowest BCUT2D eigenvalue weighted by Gasteiger charge is -2.41. The SMILES string of the molecule is COCc1cc2nc(C34COC(C)(C3)C4)cn2cc1C(=O)O. The van der Waals surface area contributed by atoms with Gasteiger partial charge in [0, 0.05) is 24.9 Å². The highest BCUT2D eigenvalue weighted by atomic mass is 16.5. The molecule has 1 N–H and O–H groups in total. The number of hydrogen-bond donors (Lipinski definition) is 1. The first-order valence-electron chi connectivity index (χ1n) is 7.33. The quantitative estimate of drug-likeness (QED) is 0.935. The fourth-order valence-corrected chi connectivity index (χ4v) is 3.95. The van der Waals surface area contributed by atoms with Gasteiger partial charge in [0.15, 0.2) is 0 Å². The van der Waals surface area contributed by atoms with E-state index in [1.54, 1.807) is 23.8 Å². The summed E-state index contributed by atoms with van der Waals surface area (Å²) in [5.74, 6) is -0.956. The molecule has 2 aromatic heterocycles. The van der Waals surface area contributed by atoms with E-state index in [4.69, 9.17) is 14.5 Å². The summed E-state index contributed by atoms with van der Waals surface area (Å²) < 4.78 is 12.7. The molecule has 5 rings (SSSR count). The number of ether oxygens (including phenoxy) is 2. The monoisotopic (exact) mass is 302 g/mol. The van der Waals surface area contributed by atoms with Crippen LogP contribution in [0, 0.1) is 0 Å². The zero-order chi connectivity index (χ0) is 15.5. The fraction of sp³-hybridized carbons (Fsp3) is 0.500. The molecule has 6 heteroatoms. The van der Waals surface area contributed by atoms with Crippen molar-refractivity contribution in [2.24, 2.45) is 0 Å². The van der Waals surface area contributed by atoms with Gasteiger partial charge in [-0.1, -0.05) is 0 Å². The van der Waals surface area contributed by atoms with Gasteiger partial charge in [0.2, 0.25) is 0 Å². The third kappa shape index (κ3) is 1.80. The standard InChI is InChI=1S/C16H18N2O4/c1-15-7-16(8-15,9-22-15)12-5-18-4-11(14(19)20)10(6-21-2)3-13(18)17-12/h3-5H,6-9H2,1-2H3,(H,19,20). The summed E-state index contributed by atoms with van der Waals surface area (Å²) in [4.78, 5) is 16.1. The molecule has 116 valence electrons. The maximum absolute atomic E-state index is 11.4. The van der Waals surface area contributed by atoms with Crippen molar-refractivity contribution < 1.29 is 19.4 Å². The van der Waals surface area contributed by atoms with Crippen LogP contribution in [-0.2, 0) is 21.5 Å². The van der Waals surface area contributed by atoms with E-state index < -0.39 is 5.97 Å². The smallest absolute Gasteiger partial charge is 0.337 e. The van der Waals surface area contributed by atoms with E-state index in [-0.39, 0.29) is 23.2 Å². The van der Waals surface area contributed by atoms with Crippen molar-refractivity contribution in [3.8, 4) is 0 Å². The molecule has 6 nitrogen and oxygen atoms in total. The van der Waals surface area contributed by atoms with Gasteiger partial charge in [-0.15, -0.1) is 0 Å². The lowest BCUT2D eigenvalue weighted by Crippen LogP contribution is -2.45. The van der Waals surface area contributed by atoms with Crippen molar-refractivity contribution in [3.05, 3.63) is 35.3 Å². The largest absolute Gasteiger partial charge is 0.478 e. The molecule has 4 heterocycles. The normalized spacial score (nSPS) is 29.7. The summed E-state index contributed by atoms with van der Waals surface area (Å²) in [5, 5.41) is 9.35. The Labute approximate surface area is 127 Å². The number of imidazole rings is 1. The second kappa shape index (κ2) is 4.30. The number of fused-ring (bicyclic) bond motifs is 2. The molecule has 0 unspecified atom stereocenters. The Balaban J connectivity index is 1.79. The highest BCUT2D eigenvalue weighted by molar-refractivity contribution is 5.89. The number of aromatic carboxylic acids is 1. The van der Waals surface area contributed by atoms with Gasteiger partial charge in [-0.3, -0.25) is 0 Å². The predicted molar refractivity (Wildman–Crippen MR) is 78.1 cm³/mol. The number of carboxylic acid groups (broad SMARTS) is 1. The Kier molecular flexibility index (Phi) is 2.68. The van der Waals surface area contributed by atoms with Crippen molar-refractivity contribution in [3.63, 3.8) is 0 Å². The van der Waals surface area contributed by atoms with Crippen LogP contribution in [0.1, 0.15) is 41.4 Å². The minimum atomic E-state index is -0.956. The Morgan fingerprint density at radius 2 is 2.27 bits per heavy atom. The Morgan fingerprint density at radius 1 is 1.50 bits per heavy atom. The summed E-state index contributed by atoms with van der Waals surface area (Å²) in [5.41, 5.74) is 2.64. The summed E-state index contributed by atoms with van der Waals surface area (Å²) in [7, 11) is 1.55. The lowest BCUT2D eigenvalue weighted by molar-refractivity contribution is 0.0154. The van der Waals surface area contributed by atoms with Crippen LogP contribution in [-0.4, -0.2) is 39.8 Å². The van der Waals surface area contributed by atoms with E-state index in [1.807, 2.05) is 6.20 Å². The van der Waals surface area contributed by atoms with Gasteiger partial charge in [0.05, 0.1) is 30.1 Å². The van der Waals surface area contributed by atoms with Gasteiger partial charge in [-0.05, 0) is 31.4 Å². The number of nitrogens with zero attached hydrogens (tertiary/aromatic N) is 2. The van der Waals surface area contributed by atoms with Gasteiger partial charge in [-0.2, -0.15) is 0 Å². The van der Waals surface area contributed by atoms with Crippen LogP contribution in [0.3, 0.4) is 0 Å². The second-order valence-corrected chi connectivity index (χ2v) is 6.71. The summed E-state index contributed by atoms with van der Waals surface area (Å²) >= 11 is 0. The lowest BCUT2D eigenvalue weighted by atomic mass is 9.62. The maximum Gasteiger partial charge on any atom is 0.337 e. The molecule has 3 fully saturated rings. The van der Waals surface area contributed by atoms with E-state index in [0.29, 0.717) is 12.2 Å². The molecule has 1 aliphatic carbocycles. The Morgan fingerprint density at radius 3 is 2.86 bits per heavy atom. The van der Waals surface area contributed by atoms with Crippen molar-refractivity contribution in [1.29, 1.82) is 0 Å².